The first-order chi connectivity index (χ1) is 13.0. The van der Waals surface area contributed by atoms with Crippen LogP contribution in [0.15, 0.2) is 0 Å². The van der Waals surface area contributed by atoms with E-state index in [2.05, 4.69) is 29.6 Å². The van der Waals surface area contributed by atoms with Crippen molar-refractivity contribution >= 4 is 30.7 Å². The molecule has 1 atom stereocenters. The molecule has 2 aliphatic rings. The predicted molar refractivity (Wildman–Crippen MR) is 120 cm³/mol. The lowest BCUT2D eigenvalue weighted by molar-refractivity contribution is -0.134. The molecule has 7 nitrogen and oxygen atoms in total. The standard InChI is InChI=1S/C20H35N5O2.2ClH/c1-5-25-16(3)17(15(2)23-25)13-24(10-11-27-4)19(26)18-12-20(14-22-18)6-8-21-9-7-20;;/h18,21-22H,5-14H2,1-4H3;2*1H. The third-order valence-electron chi connectivity index (χ3n) is 6.38. The number of rotatable bonds is 7. The van der Waals surface area contributed by atoms with Gasteiger partial charge in [0.2, 0.25) is 5.91 Å². The molecule has 0 aliphatic carbocycles. The number of carbonyl (C=O) groups excluding carboxylic acids is 1. The van der Waals surface area contributed by atoms with Crippen molar-refractivity contribution in [3.8, 4) is 0 Å². The highest BCUT2D eigenvalue weighted by Gasteiger charge is 2.43. The van der Waals surface area contributed by atoms with Crippen LogP contribution in [0.1, 0.15) is 43.1 Å². The Balaban J connectivity index is 0.00000210. The van der Waals surface area contributed by atoms with Gasteiger partial charge in [-0.3, -0.25) is 9.48 Å². The molecule has 9 heteroatoms. The summed E-state index contributed by atoms with van der Waals surface area (Å²) in [6.45, 7) is 11.9. The Morgan fingerprint density at radius 1 is 1.31 bits per heavy atom. The number of aromatic nitrogens is 2. The van der Waals surface area contributed by atoms with Gasteiger partial charge >= 0.3 is 0 Å². The monoisotopic (exact) mass is 449 g/mol. The summed E-state index contributed by atoms with van der Waals surface area (Å²) in [4.78, 5) is 15.3. The van der Waals surface area contributed by atoms with Gasteiger partial charge in [0.15, 0.2) is 0 Å². The van der Waals surface area contributed by atoms with Crippen molar-refractivity contribution in [2.75, 3.05) is 39.9 Å². The minimum Gasteiger partial charge on any atom is -0.383 e. The SMILES string of the molecule is CCn1nc(C)c(CN(CCOC)C(=O)C2CC3(CCNCC3)CN2)c1C.Cl.Cl. The molecule has 1 unspecified atom stereocenters. The Hall–Kier alpha value is -0.860. The van der Waals surface area contributed by atoms with Crippen LogP contribution in [0.5, 0.6) is 0 Å². The maximum atomic E-state index is 13.3. The van der Waals surface area contributed by atoms with Gasteiger partial charge in [-0.15, -0.1) is 24.8 Å². The molecule has 3 rings (SSSR count). The zero-order chi connectivity index (χ0) is 19.4. The molecule has 0 bridgehead atoms. The number of methoxy groups -OCH3 is 1. The number of amides is 1. The number of carbonyl (C=O) groups is 1. The van der Waals surface area contributed by atoms with Crippen LogP contribution in [0.2, 0.25) is 0 Å². The summed E-state index contributed by atoms with van der Waals surface area (Å²) in [5.74, 6) is 0.200. The molecule has 2 aliphatic heterocycles. The van der Waals surface area contributed by atoms with Gasteiger partial charge in [-0.2, -0.15) is 5.10 Å². The number of halogens is 2. The summed E-state index contributed by atoms with van der Waals surface area (Å²) in [6.07, 6.45) is 3.26. The molecule has 1 amide bonds. The number of piperidine rings is 1. The van der Waals surface area contributed by atoms with Gasteiger partial charge in [0.1, 0.15) is 0 Å². The number of hydrogen-bond donors (Lipinski definition) is 2. The quantitative estimate of drug-likeness (QED) is 0.666. The molecule has 1 spiro atoms. The Kier molecular flexibility index (Phi) is 10.4. The highest BCUT2D eigenvalue weighted by atomic mass is 35.5. The van der Waals surface area contributed by atoms with Gasteiger partial charge in [0, 0.05) is 44.5 Å². The molecule has 0 aromatic carbocycles. The van der Waals surface area contributed by atoms with E-state index >= 15 is 0 Å². The van der Waals surface area contributed by atoms with Gasteiger partial charge < -0.3 is 20.3 Å². The predicted octanol–water partition coefficient (Wildman–Crippen LogP) is 2.07. The lowest BCUT2D eigenvalue weighted by Crippen LogP contribution is -2.44. The molecule has 2 fully saturated rings. The Morgan fingerprint density at radius 3 is 2.59 bits per heavy atom. The summed E-state index contributed by atoms with van der Waals surface area (Å²) in [6, 6.07) is -0.0817. The highest BCUT2D eigenvalue weighted by molar-refractivity contribution is 5.85. The van der Waals surface area contributed by atoms with Crippen LogP contribution < -0.4 is 10.6 Å². The molecular weight excluding hydrogens is 413 g/mol. The van der Waals surface area contributed by atoms with Crippen LogP contribution in [0.4, 0.5) is 0 Å². The molecule has 2 saturated heterocycles. The van der Waals surface area contributed by atoms with Crippen LogP contribution in [0.25, 0.3) is 0 Å². The largest absolute Gasteiger partial charge is 0.383 e. The topological polar surface area (TPSA) is 71.4 Å². The van der Waals surface area contributed by atoms with Crippen molar-refractivity contribution in [3.05, 3.63) is 17.0 Å². The van der Waals surface area contributed by atoms with E-state index in [-0.39, 0.29) is 42.2 Å². The average molecular weight is 450 g/mol. The molecule has 2 N–H and O–H groups in total. The zero-order valence-electron chi connectivity index (χ0n) is 18.1. The van der Waals surface area contributed by atoms with E-state index in [4.69, 9.17) is 4.74 Å². The van der Waals surface area contributed by atoms with E-state index in [1.54, 1.807) is 7.11 Å². The molecular formula is C20H37Cl2N5O2. The van der Waals surface area contributed by atoms with Crippen molar-refractivity contribution in [2.24, 2.45) is 5.41 Å². The fourth-order valence-electron chi connectivity index (χ4n) is 4.58. The van der Waals surface area contributed by atoms with Crippen molar-refractivity contribution in [1.82, 2.24) is 25.3 Å². The third-order valence-corrected chi connectivity index (χ3v) is 6.38. The van der Waals surface area contributed by atoms with E-state index in [0.29, 0.717) is 19.7 Å². The summed E-state index contributed by atoms with van der Waals surface area (Å²) >= 11 is 0. The Morgan fingerprint density at radius 2 is 2.00 bits per heavy atom. The summed E-state index contributed by atoms with van der Waals surface area (Å²) in [5, 5.41) is 11.6. The summed E-state index contributed by atoms with van der Waals surface area (Å²) in [5.41, 5.74) is 3.62. The number of ether oxygens (including phenoxy) is 1. The molecule has 1 aromatic rings. The molecule has 0 radical (unpaired) electrons. The lowest BCUT2D eigenvalue weighted by Gasteiger charge is -2.33. The van der Waals surface area contributed by atoms with Crippen LogP contribution in [-0.4, -0.2) is 66.5 Å². The first-order valence-electron chi connectivity index (χ1n) is 10.2. The second-order valence-electron chi connectivity index (χ2n) is 8.11. The van der Waals surface area contributed by atoms with Crippen molar-refractivity contribution < 1.29 is 9.53 Å². The maximum Gasteiger partial charge on any atom is 0.240 e. The normalized spacial score (nSPS) is 20.2. The second-order valence-corrected chi connectivity index (χ2v) is 8.11. The van der Waals surface area contributed by atoms with Crippen molar-refractivity contribution in [3.63, 3.8) is 0 Å². The molecule has 0 saturated carbocycles. The van der Waals surface area contributed by atoms with Gasteiger partial charge in [-0.25, -0.2) is 0 Å². The van der Waals surface area contributed by atoms with E-state index < -0.39 is 0 Å². The third kappa shape index (κ3) is 5.85. The van der Waals surface area contributed by atoms with E-state index in [1.807, 2.05) is 16.5 Å². The molecule has 1 aromatic heterocycles. The first-order valence-corrected chi connectivity index (χ1v) is 10.2. The lowest BCUT2D eigenvalue weighted by atomic mass is 9.77. The van der Waals surface area contributed by atoms with Gasteiger partial charge in [0.25, 0.3) is 0 Å². The number of hydrogen-bond acceptors (Lipinski definition) is 5. The number of nitrogens with one attached hydrogen (secondary N) is 2. The molecule has 168 valence electrons. The van der Waals surface area contributed by atoms with Gasteiger partial charge in [-0.05, 0) is 58.5 Å². The minimum absolute atomic E-state index is 0. The van der Waals surface area contributed by atoms with Gasteiger partial charge in [0.05, 0.1) is 18.3 Å². The van der Waals surface area contributed by atoms with Crippen LogP contribution in [-0.2, 0) is 22.6 Å². The minimum atomic E-state index is -0.0817. The van der Waals surface area contributed by atoms with E-state index in [9.17, 15) is 4.79 Å². The number of nitrogens with zero attached hydrogens (tertiary/aromatic N) is 3. The summed E-state index contributed by atoms with van der Waals surface area (Å²) in [7, 11) is 1.69. The highest BCUT2D eigenvalue weighted by Crippen LogP contribution is 2.38. The van der Waals surface area contributed by atoms with Crippen LogP contribution in [0.3, 0.4) is 0 Å². The van der Waals surface area contributed by atoms with Crippen molar-refractivity contribution in [2.45, 2.75) is 59.2 Å². The fourth-order valence-corrected chi connectivity index (χ4v) is 4.58. The maximum absolute atomic E-state index is 13.3. The Labute approximate surface area is 187 Å². The first kappa shape index (κ1) is 26.2. The Bertz CT molecular complexity index is 662. The van der Waals surface area contributed by atoms with E-state index in [0.717, 1.165) is 62.4 Å². The van der Waals surface area contributed by atoms with Crippen LogP contribution in [0, 0.1) is 19.3 Å². The van der Waals surface area contributed by atoms with E-state index in [1.165, 1.54) is 0 Å². The second kappa shape index (κ2) is 11.5. The summed E-state index contributed by atoms with van der Waals surface area (Å²) < 4.78 is 7.29. The smallest absolute Gasteiger partial charge is 0.240 e. The molecule has 29 heavy (non-hydrogen) atoms. The fraction of sp³-hybridized carbons (Fsp3) is 0.800. The number of aryl methyl sites for hydroxylation is 2. The van der Waals surface area contributed by atoms with Gasteiger partial charge in [-0.1, -0.05) is 0 Å². The van der Waals surface area contributed by atoms with Crippen LogP contribution >= 0.6 is 24.8 Å². The zero-order valence-corrected chi connectivity index (χ0v) is 19.8. The molecule has 3 heterocycles. The average Bonchev–Trinajstić information content (AvgIpc) is 3.20. The van der Waals surface area contributed by atoms with Crippen molar-refractivity contribution in [1.29, 1.82) is 0 Å².